The topological polar surface area (TPSA) is 0 Å². The first kappa shape index (κ1) is 102. The quantitative estimate of drug-likeness (QED) is 0.342. The number of rotatable bonds is 0. The van der Waals surface area contributed by atoms with Crippen molar-refractivity contribution in [2.75, 3.05) is 0 Å². The Morgan fingerprint density at radius 1 is 0.200 bits per heavy atom. The van der Waals surface area contributed by atoms with Crippen molar-refractivity contribution in [3.8, 4) is 0 Å². The molecule has 10 heavy (non-hydrogen) atoms. The Morgan fingerprint density at radius 3 is 0.200 bits per heavy atom. The van der Waals surface area contributed by atoms with Crippen LogP contribution in [0.25, 0.3) is 0 Å². The van der Waals surface area contributed by atoms with Crippen LogP contribution in [0.15, 0.2) is 0 Å². The van der Waals surface area contributed by atoms with Crippen molar-refractivity contribution in [3.63, 3.8) is 0 Å². The molecule has 0 aromatic carbocycles. The number of hydrogen-bond donors (Lipinski definition) is 0. The minimum absolute atomic E-state index is 0. The van der Waals surface area contributed by atoms with E-state index in [1.807, 2.05) is 0 Å². The van der Waals surface area contributed by atoms with Gasteiger partial charge in [-0.2, -0.15) is 0 Å². The Balaban J connectivity index is 0. The van der Waals surface area contributed by atoms with Gasteiger partial charge in [0.25, 0.3) is 0 Å². The first-order valence-corrected chi connectivity index (χ1v) is 0. The monoisotopic (exact) mass is 687 g/mol. The molecule has 10 heteroatoms. The van der Waals surface area contributed by atoms with Crippen molar-refractivity contribution in [1.82, 2.24) is 0 Å². The first-order chi connectivity index (χ1) is 0. The van der Waals surface area contributed by atoms with Gasteiger partial charge in [-0.05, 0) is 0 Å². The molecule has 0 aliphatic heterocycles. The molecule has 0 aromatic rings. The third-order valence-corrected chi connectivity index (χ3v) is 0. The van der Waals surface area contributed by atoms with E-state index >= 15 is 0 Å². The molecule has 0 radical (unpaired) electrons. The van der Waals surface area contributed by atoms with E-state index in [0.717, 1.165) is 0 Å². The van der Waals surface area contributed by atoms with Gasteiger partial charge in [0.15, 0.2) is 0 Å². The van der Waals surface area contributed by atoms with Crippen LogP contribution in [-0.2, 0) is 0 Å². The van der Waals surface area contributed by atoms with E-state index in [0.29, 0.717) is 0 Å². The zero-order valence-electron chi connectivity index (χ0n) is 3.27. The summed E-state index contributed by atoms with van der Waals surface area (Å²) in [7, 11) is 0. The fourth-order valence-electron chi connectivity index (χ4n) is 0. The fraction of sp³-hybridized carbons (Fsp3) is 0. The zero-order chi connectivity index (χ0) is 0. The molecule has 0 unspecified atom stereocenters. The number of halogens is 8. The van der Waals surface area contributed by atoms with Gasteiger partial charge < -0.3 is 0 Å². The Hall–Kier alpha value is 5.84. The molecule has 0 nitrogen and oxygen atoms in total. The molecule has 0 aliphatic rings. The molecular formula is H10Br8Na2. The van der Waals surface area contributed by atoms with E-state index < -0.39 is 0 Å². The van der Waals surface area contributed by atoms with E-state index in [-0.39, 0.29) is 195 Å². The molecule has 0 fully saturated rings. The summed E-state index contributed by atoms with van der Waals surface area (Å²) in [6.07, 6.45) is 0. The van der Waals surface area contributed by atoms with Crippen LogP contribution >= 0.6 is 136 Å². The second kappa shape index (κ2) is 83.3. The van der Waals surface area contributed by atoms with Crippen molar-refractivity contribution >= 4 is 195 Å². The molecule has 0 heterocycles. The maximum atomic E-state index is 0. The van der Waals surface area contributed by atoms with Crippen LogP contribution in [0, 0.1) is 0 Å². The molecule has 0 saturated heterocycles. The van der Waals surface area contributed by atoms with Crippen molar-refractivity contribution < 1.29 is 0 Å². The Bertz CT molecular complexity index is 7.22. The summed E-state index contributed by atoms with van der Waals surface area (Å²) in [5.41, 5.74) is 0. The molecule has 0 N–H and O–H groups in total. The average Bonchev–Trinajstić information content (AvgIpc) is 0. The predicted molar refractivity (Wildman–Crippen MR) is 96.9 cm³/mol. The van der Waals surface area contributed by atoms with Crippen LogP contribution in [0.3, 0.4) is 0 Å². The summed E-state index contributed by atoms with van der Waals surface area (Å²) in [6.45, 7) is 0. The Kier molecular flexibility index (Phi) is 852. The van der Waals surface area contributed by atoms with E-state index in [4.69, 9.17) is 0 Å². The van der Waals surface area contributed by atoms with Crippen molar-refractivity contribution in [1.29, 1.82) is 0 Å². The van der Waals surface area contributed by atoms with Gasteiger partial charge in [0, 0.05) is 0 Å². The molecule has 0 rings (SSSR count). The van der Waals surface area contributed by atoms with Crippen LogP contribution in [-0.4, -0.2) is 59.1 Å². The molecule has 0 aromatic heterocycles. The summed E-state index contributed by atoms with van der Waals surface area (Å²) in [5, 5.41) is 0. The second-order valence-electron chi connectivity index (χ2n) is 0. The van der Waals surface area contributed by atoms with Gasteiger partial charge in [0.2, 0.25) is 0 Å². The first-order valence-electron chi connectivity index (χ1n) is 0. The van der Waals surface area contributed by atoms with Crippen LogP contribution < -0.4 is 0 Å². The van der Waals surface area contributed by atoms with Gasteiger partial charge in [0.05, 0.1) is 0 Å². The third-order valence-electron chi connectivity index (χ3n) is 0. The van der Waals surface area contributed by atoms with Gasteiger partial charge in [-0.1, -0.05) is 0 Å². The summed E-state index contributed by atoms with van der Waals surface area (Å²) in [5.74, 6) is 0. The van der Waals surface area contributed by atoms with Crippen LogP contribution in [0.5, 0.6) is 0 Å². The van der Waals surface area contributed by atoms with E-state index in [1.54, 1.807) is 0 Å². The molecule has 0 saturated carbocycles. The second-order valence-corrected chi connectivity index (χ2v) is 0. The summed E-state index contributed by atoms with van der Waals surface area (Å²) >= 11 is 0. The fourth-order valence-corrected chi connectivity index (χ4v) is 0. The molecule has 0 bridgehead atoms. The van der Waals surface area contributed by atoms with E-state index in [2.05, 4.69) is 0 Å². The normalized spacial score (nSPS) is 0. The molecule has 0 atom stereocenters. The van der Waals surface area contributed by atoms with Crippen molar-refractivity contribution in [2.24, 2.45) is 0 Å². The SMILES string of the molecule is Br.Br.Br.Br.Br.Br.Br.Br.[NaH].[NaH]. The van der Waals surface area contributed by atoms with Crippen molar-refractivity contribution in [2.45, 2.75) is 0 Å². The standard InChI is InChI=1S/8BrH.2Na.2H/h8*1H;;;;. The Labute approximate surface area is 190 Å². The maximum absolute atomic E-state index is 0. The van der Waals surface area contributed by atoms with E-state index in [9.17, 15) is 0 Å². The number of hydrogen-bond acceptors (Lipinski definition) is 0. The minimum atomic E-state index is 0. The van der Waals surface area contributed by atoms with Gasteiger partial charge >= 0.3 is 59.1 Å². The molecule has 68 valence electrons. The third kappa shape index (κ3) is 66.9. The predicted octanol–water partition coefficient (Wildman–Crippen LogP) is 3.33. The zero-order valence-corrected chi connectivity index (χ0v) is 17.0. The summed E-state index contributed by atoms with van der Waals surface area (Å²) in [6, 6.07) is 0. The molecule has 0 spiro atoms. The average molecular weight is 695 g/mol. The van der Waals surface area contributed by atoms with Gasteiger partial charge in [0.1, 0.15) is 0 Å². The molecular weight excluding hydrogens is 685 g/mol. The van der Waals surface area contributed by atoms with Gasteiger partial charge in [-0.15, -0.1) is 136 Å². The van der Waals surface area contributed by atoms with Crippen LogP contribution in [0.4, 0.5) is 0 Å². The molecule has 0 amide bonds. The van der Waals surface area contributed by atoms with Gasteiger partial charge in [-0.3, -0.25) is 0 Å². The Morgan fingerprint density at radius 2 is 0.200 bits per heavy atom. The van der Waals surface area contributed by atoms with Crippen molar-refractivity contribution in [3.05, 3.63) is 0 Å². The summed E-state index contributed by atoms with van der Waals surface area (Å²) in [4.78, 5) is 0. The summed E-state index contributed by atoms with van der Waals surface area (Å²) < 4.78 is 0. The van der Waals surface area contributed by atoms with Crippen LogP contribution in [0.1, 0.15) is 0 Å². The molecule has 0 aliphatic carbocycles. The van der Waals surface area contributed by atoms with Crippen LogP contribution in [0.2, 0.25) is 0 Å². The van der Waals surface area contributed by atoms with Gasteiger partial charge in [-0.25, -0.2) is 0 Å². The van der Waals surface area contributed by atoms with E-state index in [1.165, 1.54) is 0 Å².